The molecule has 1 aromatic carbocycles. The molecule has 0 unspecified atom stereocenters. The summed E-state index contributed by atoms with van der Waals surface area (Å²) < 4.78 is 10.3. The minimum Gasteiger partial charge on any atom is -0.295 e. The lowest BCUT2D eigenvalue weighted by Gasteiger charge is -2.09. The minimum atomic E-state index is 0.549. The Morgan fingerprint density at radius 1 is 1.24 bits per heavy atom. The van der Waals surface area contributed by atoms with Crippen molar-refractivity contribution in [3.05, 3.63) is 54.1 Å². The van der Waals surface area contributed by atoms with Gasteiger partial charge in [0.1, 0.15) is 0 Å². The molecule has 0 spiro atoms. The van der Waals surface area contributed by atoms with E-state index < -0.39 is 0 Å². The van der Waals surface area contributed by atoms with Crippen molar-refractivity contribution in [1.29, 1.82) is 0 Å². The fourth-order valence-electron chi connectivity index (χ4n) is 2.00. The van der Waals surface area contributed by atoms with Crippen molar-refractivity contribution in [2.24, 2.45) is 0 Å². The second-order valence-electron chi connectivity index (χ2n) is 5.01. The first-order valence-electron chi connectivity index (χ1n) is 6.77. The fraction of sp³-hybridized carbons (Fsp3) is 0.267. The van der Waals surface area contributed by atoms with Gasteiger partial charge in [0.2, 0.25) is 0 Å². The Morgan fingerprint density at radius 3 is 2.71 bits per heavy atom. The van der Waals surface area contributed by atoms with Crippen LogP contribution in [0.4, 0.5) is 0 Å². The molecule has 3 aromatic rings. The lowest BCUT2D eigenvalue weighted by Crippen LogP contribution is -1.96. The Kier molecular flexibility index (Phi) is 4.36. The first-order valence-corrected chi connectivity index (χ1v) is 8.48. The van der Waals surface area contributed by atoms with Crippen molar-refractivity contribution in [3.63, 3.8) is 0 Å². The van der Waals surface area contributed by atoms with Crippen LogP contribution in [-0.2, 0) is 5.75 Å². The van der Waals surface area contributed by atoms with Gasteiger partial charge in [-0.05, 0) is 23.6 Å². The molecule has 3 rings (SSSR count). The number of nitrogens with zero attached hydrogens (tertiary/aromatic N) is 4. The van der Waals surface area contributed by atoms with Crippen LogP contribution in [0.2, 0.25) is 0 Å². The second-order valence-corrected chi connectivity index (χ2v) is 6.51. The van der Waals surface area contributed by atoms with E-state index in [1.807, 2.05) is 18.6 Å². The molecule has 0 atom stereocenters. The summed E-state index contributed by atoms with van der Waals surface area (Å²) in [5, 5.41) is 0.972. The van der Waals surface area contributed by atoms with E-state index in [2.05, 4.69) is 56.4 Å². The number of thioether (sulfide) groups is 1. The molecule has 2 heterocycles. The molecule has 0 saturated heterocycles. The van der Waals surface area contributed by atoms with Crippen LogP contribution in [-0.4, -0.2) is 18.3 Å². The summed E-state index contributed by atoms with van der Waals surface area (Å²) >= 11 is 2.91. The van der Waals surface area contributed by atoms with Gasteiger partial charge < -0.3 is 0 Å². The van der Waals surface area contributed by atoms with Crippen molar-refractivity contribution in [2.45, 2.75) is 30.7 Å². The van der Waals surface area contributed by atoms with Gasteiger partial charge in [-0.1, -0.05) is 37.7 Å². The zero-order valence-corrected chi connectivity index (χ0v) is 13.6. The van der Waals surface area contributed by atoms with Gasteiger partial charge in [0.05, 0.1) is 23.6 Å². The third-order valence-corrected chi connectivity index (χ3v) is 4.72. The lowest BCUT2D eigenvalue weighted by molar-refractivity contribution is 0.858. The number of hydrogen-bond donors (Lipinski definition) is 0. The van der Waals surface area contributed by atoms with Gasteiger partial charge in [0.25, 0.3) is 0 Å². The highest BCUT2D eigenvalue weighted by Crippen LogP contribution is 2.24. The first-order chi connectivity index (χ1) is 10.2. The van der Waals surface area contributed by atoms with E-state index >= 15 is 0 Å². The second kappa shape index (κ2) is 6.41. The van der Waals surface area contributed by atoms with Crippen LogP contribution < -0.4 is 0 Å². The molecule has 0 bridgehead atoms. The molecule has 4 nitrogen and oxygen atoms in total. The van der Waals surface area contributed by atoms with E-state index in [1.54, 1.807) is 11.8 Å². The van der Waals surface area contributed by atoms with E-state index in [9.17, 15) is 0 Å². The van der Waals surface area contributed by atoms with E-state index in [0.29, 0.717) is 5.92 Å². The maximum atomic E-state index is 4.43. The smallest absolute Gasteiger partial charge is 0.172 e. The molecule has 108 valence electrons. The molecule has 0 aliphatic rings. The molecule has 6 heteroatoms. The number of benzene rings is 1. The molecule has 0 aliphatic carbocycles. The molecular weight excluding hydrogens is 300 g/mol. The maximum absolute atomic E-state index is 4.43. The van der Waals surface area contributed by atoms with Gasteiger partial charge in [-0.25, -0.2) is 4.98 Å². The zero-order valence-electron chi connectivity index (χ0n) is 11.9. The highest BCUT2D eigenvalue weighted by Gasteiger charge is 2.08. The van der Waals surface area contributed by atoms with Crippen LogP contribution in [0, 0.1) is 0 Å². The summed E-state index contributed by atoms with van der Waals surface area (Å²) in [6.45, 7) is 4.41. The van der Waals surface area contributed by atoms with Crippen molar-refractivity contribution < 1.29 is 0 Å². The first kappa shape index (κ1) is 14.3. The van der Waals surface area contributed by atoms with Gasteiger partial charge in [0, 0.05) is 23.8 Å². The normalized spacial score (nSPS) is 11.2. The van der Waals surface area contributed by atoms with Crippen LogP contribution in [0.1, 0.15) is 31.0 Å². The van der Waals surface area contributed by atoms with Gasteiger partial charge >= 0.3 is 0 Å². The third kappa shape index (κ3) is 3.33. The summed E-state index contributed by atoms with van der Waals surface area (Å²) in [5.74, 6) is 1.34. The summed E-state index contributed by atoms with van der Waals surface area (Å²) in [6.07, 6.45) is 5.63. The highest BCUT2D eigenvalue weighted by atomic mass is 32.2. The minimum absolute atomic E-state index is 0.549. The van der Waals surface area contributed by atoms with Crippen molar-refractivity contribution in [3.8, 4) is 5.69 Å². The summed E-state index contributed by atoms with van der Waals surface area (Å²) in [7, 11) is 0. The predicted molar refractivity (Wildman–Crippen MR) is 87.1 cm³/mol. The van der Waals surface area contributed by atoms with Crippen molar-refractivity contribution >= 4 is 23.5 Å². The standard InChI is InChI=1S/C15H16N4S2/c1-11(2)12-3-5-14(6-4-12)19-8-7-16-15(19)20-10-13-9-17-21-18-13/h3-9,11H,10H2,1-2H3. The largest absolute Gasteiger partial charge is 0.295 e. The highest BCUT2D eigenvalue weighted by molar-refractivity contribution is 7.98. The van der Waals surface area contributed by atoms with E-state index in [4.69, 9.17) is 0 Å². The molecule has 0 amide bonds. The Labute approximate surface area is 132 Å². The Hall–Kier alpha value is -1.66. The monoisotopic (exact) mass is 316 g/mol. The maximum Gasteiger partial charge on any atom is 0.172 e. The van der Waals surface area contributed by atoms with Gasteiger partial charge in [0.15, 0.2) is 5.16 Å². The summed E-state index contributed by atoms with van der Waals surface area (Å²) in [5.41, 5.74) is 3.48. The van der Waals surface area contributed by atoms with E-state index in [0.717, 1.165) is 22.3 Å². The predicted octanol–water partition coefficient (Wildman–Crippen LogP) is 4.14. The number of imidazole rings is 1. The number of hydrogen-bond acceptors (Lipinski definition) is 5. The fourth-order valence-corrected chi connectivity index (χ4v) is 3.37. The Morgan fingerprint density at radius 2 is 2.05 bits per heavy atom. The zero-order chi connectivity index (χ0) is 14.7. The van der Waals surface area contributed by atoms with Gasteiger partial charge in [-0.3, -0.25) is 4.57 Å². The molecule has 0 saturated carbocycles. The van der Waals surface area contributed by atoms with Crippen molar-refractivity contribution in [1.82, 2.24) is 18.3 Å². The average Bonchev–Trinajstić information content (AvgIpc) is 3.16. The lowest BCUT2D eigenvalue weighted by atomic mass is 10.0. The quantitative estimate of drug-likeness (QED) is 0.664. The van der Waals surface area contributed by atoms with Crippen molar-refractivity contribution in [2.75, 3.05) is 0 Å². The summed E-state index contributed by atoms with van der Waals surface area (Å²) in [4.78, 5) is 4.43. The van der Waals surface area contributed by atoms with Crippen LogP contribution >= 0.6 is 23.5 Å². The Balaban J connectivity index is 1.78. The average molecular weight is 316 g/mol. The molecule has 0 fully saturated rings. The van der Waals surface area contributed by atoms with Gasteiger partial charge in [-0.15, -0.1) is 0 Å². The van der Waals surface area contributed by atoms with Crippen LogP contribution in [0.5, 0.6) is 0 Å². The Bertz CT molecular complexity index is 687. The molecule has 2 aromatic heterocycles. The van der Waals surface area contributed by atoms with Gasteiger partial charge in [-0.2, -0.15) is 8.75 Å². The topological polar surface area (TPSA) is 43.6 Å². The summed E-state index contributed by atoms with van der Waals surface area (Å²) in [6, 6.07) is 8.65. The van der Waals surface area contributed by atoms with Crippen LogP contribution in [0.25, 0.3) is 5.69 Å². The molecule has 0 radical (unpaired) electrons. The molecular formula is C15H16N4S2. The number of rotatable bonds is 5. The van der Waals surface area contributed by atoms with E-state index in [-0.39, 0.29) is 0 Å². The molecule has 0 aliphatic heterocycles. The van der Waals surface area contributed by atoms with Crippen LogP contribution in [0.3, 0.4) is 0 Å². The SMILES string of the molecule is CC(C)c1ccc(-n2ccnc2SCc2cnsn2)cc1. The van der Waals surface area contributed by atoms with E-state index in [1.165, 1.54) is 17.3 Å². The number of aromatic nitrogens is 4. The third-order valence-electron chi connectivity index (χ3n) is 3.20. The van der Waals surface area contributed by atoms with Crippen LogP contribution in [0.15, 0.2) is 48.0 Å². The molecule has 21 heavy (non-hydrogen) atoms. The molecule has 0 N–H and O–H groups in total.